The molecule has 0 radical (unpaired) electrons. The lowest BCUT2D eigenvalue weighted by atomic mass is 9.82. The van der Waals surface area contributed by atoms with Gasteiger partial charge >= 0.3 is 6.03 Å². The number of halogens is 1. The predicted octanol–water partition coefficient (Wildman–Crippen LogP) is 4.48. The first-order chi connectivity index (χ1) is 14.0. The Morgan fingerprint density at radius 1 is 1.03 bits per heavy atom. The summed E-state index contributed by atoms with van der Waals surface area (Å²) in [4.78, 5) is 27.5. The first-order valence-electron chi connectivity index (χ1n) is 10.2. The fourth-order valence-corrected chi connectivity index (χ4v) is 4.68. The Hall–Kier alpha value is -2.89. The van der Waals surface area contributed by atoms with Gasteiger partial charge in [0.15, 0.2) is 0 Å². The molecular formula is C23H26FN3O2. The van der Waals surface area contributed by atoms with Gasteiger partial charge in [0.05, 0.1) is 0 Å². The number of nitrogens with zero attached hydrogens (tertiary/aromatic N) is 1. The number of piperidine rings is 2. The molecule has 2 heterocycles. The van der Waals surface area contributed by atoms with Crippen molar-refractivity contribution in [1.82, 2.24) is 10.2 Å². The van der Waals surface area contributed by atoms with E-state index < -0.39 is 0 Å². The van der Waals surface area contributed by atoms with E-state index >= 15 is 0 Å². The van der Waals surface area contributed by atoms with Crippen molar-refractivity contribution in [3.8, 4) is 0 Å². The van der Waals surface area contributed by atoms with Gasteiger partial charge in [-0.3, -0.25) is 4.79 Å². The number of carbonyl (C=O) groups is 2. The van der Waals surface area contributed by atoms with Crippen LogP contribution in [0.2, 0.25) is 0 Å². The minimum absolute atomic E-state index is 0.0515. The molecule has 2 bridgehead atoms. The Morgan fingerprint density at radius 2 is 1.76 bits per heavy atom. The first kappa shape index (κ1) is 19.4. The topological polar surface area (TPSA) is 61.4 Å². The third-order valence-electron chi connectivity index (χ3n) is 6.01. The molecule has 0 spiro atoms. The monoisotopic (exact) mass is 395 g/mol. The van der Waals surface area contributed by atoms with Crippen LogP contribution in [-0.2, 0) is 0 Å². The average molecular weight is 395 g/mol. The SMILES string of the molecule is Cc1ccccc1C(=O)NC1C[C@H]2CCC[C@H](C1)N2C(=O)Nc1cccc(F)c1. The average Bonchev–Trinajstić information content (AvgIpc) is 2.67. The molecule has 3 amide bonds. The van der Waals surface area contributed by atoms with Crippen molar-refractivity contribution in [2.24, 2.45) is 0 Å². The molecule has 0 saturated carbocycles. The van der Waals surface area contributed by atoms with Crippen LogP contribution in [0.4, 0.5) is 14.9 Å². The summed E-state index contributed by atoms with van der Waals surface area (Å²) in [5, 5.41) is 6.00. The molecule has 0 unspecified atom stereocenters. The third kappa shape index (κ3) is 4.26. The van der Waals surface area contributed by atoms with Crippen LogP contribution in [0.1, 0.15) is 48.0 Å². The lowest BCUT2D eigenvalue weighted by Gasteiger charge is -2.48. The van der Waals surface area contributed by atoms with Crippen LogP contribution in [0.15, 0.2) is 48.5 Å². The van der Waals surface area contributed by atoms with Gasteiger partial charge in [0.25, 0.3) is 5.91 Å². The van der Waals surface area contributed by atoms with Crippen molar-refractivity contribution >= 4 is 17.6 Å². The zero-order valence-electron chi connectivity index (χ0n) is 16.5. The molecule has 29 heavy (non-hydrogen) atoms. The summed E-state index contributed by atoms with van der Waals surface area (Å²) in [5.41, 5.74) is 2.11. The van der Waals surface area contributed by atoms with Gasteiger partial charge in [-0.15, -0.1) is 0 Å². The maximum atomic E-state index is 13.4. The predicted molar refractivity (Wildman–Crippen MR) is 110 cm³/mol. The zero-order valence-corrected chi connectivity index (χ0v) is 16.5. The summed E-state index contributed by atoms with van der Waals surface area (Å²) in [5.74, 6) is -0.426. The number of nitrogens with one attached hydrogen (secondary N) is 2. The van der Waals surface area contributed by atoms with Crippen LogP contribution in [0.5, 0.6) is 0 Å². The van der Waals surface area contributed by atoms with Crippen molar-refractivity contribution in [2.45, 2.75) is 57.2 Å². The molecule has 2 atom stereocenters. The lowest BCUT2D eigenvalue weighted by molar-refractivity contribution is 0.0577. The Balaban J connectivity index is 1.43. The fraction of sp³-hybridized carbons (Fsp3) is 0.391. The van der Waals surface area contributed by atoms with Gasteiger partial charge in [-0.25, -0.2) is 9.18 Å². The number of benzene rings is 2. The highest BCUT2D eigenvalue weighted by Gasteiger charge is 2.41. The molecule has 2 N–H and O–H groups in total. The normalized spacial score (nSPS) is 23.4. The number of amides is 3. The molecule has 2 saturated heterocycles. The summed E-state index contributed by atoms with van der Waals surface area (Å²) in [6, 6.07) is 13.5. The van der Waals surface area contributed by atoms with E-state index in [4.69, 9.17) is 0 Å². The van der Waals surface area contributed by atoms with Crippen LogP contribution in [0.25, 0.3) is 0 Å². The largest absolute Gasteiger partial charge is 0.349 e. The Bertz CT molecular complexity index is 903. The Kier molecular flexibility index (Phi) is 5.51. The number of rotatable bonds is 3. The van der Waals surface area contributed by atoms with Gasteiger partial charge in [0.2, 0.25) is 0 Å². The lowest BCUT2D eigenvalue weighted by Crippen LogP contribution is -2.59. The molecule has 2 aromatic carbocycles. The minimum atomic E-state index is -0.374. The Morgan fingerprint density at radius 3 is 2.45 bits per heavy atom. The van der Waals surface area contributed by atoms with Crippen LogP contribution in [0, 0.1) is 12.7 Å². The van der Waals surface area contributed by atoms with E-state index in [1.165, 1.54) is 12.1 Å². The molecule has 2 aliphatic heterocycles. The summed E-state index contributed by atoms with van der Waals surface area (Å²) in [7, 11) is 0. The molecule has 2 fully saturated rings. The standard InChI is InChI=1S/C23H26FN3O2/c1-15-6-2-3-11-21(15)22(28)25-18-13-19-9-5-10-20(14-18)27(19)23(29)26-17-8-4-7-16(24)12-17/h2-4,6-8,11-12,18-20H,5,9-10,13-14H2,1H3,(H,25,28)(H,26,29)/t19-,20-/m1/s1. The second kappa shape index (κ2) is 8.23. The molecule has 5 nitrogen and oxygen atoms in total. The summed E-state index contributed by atoms with van der Waals surface area (Å²) in [6.45, 7) is 1.93. The minimum Gasteiger partial charge on any atom is -0.349 e. The van der Waals surface area contributed by atoms with E-state index in [-0.39, 0.29) is 35.9 Å². The molecule has 0 aromatic heterocycles. The van der Waals surface area contributed by atoms with Crippen molar-refractivity contribution in [2.75, 3.05) is 5.32 Å². The molecule has 6 heteroatoms. The number of carbonyl (C=O) groups excluding carboxylic acids is 2. The van der Waals surface area contributed by atoms with Gasteiger partial charge in [-0.1, -0.05) is 24.3 Å². The summed E-state index contributed by atoms with van der Waals surface area (Å²) in [6.07, 6.45) is 4.40. The number of hydrogen-bond donors (Lipinski definition) is 2. The van der Waals surface area contributed by atoms with E-state index in [9.17, 15) is 14.0 Å². The summed E-state index contributed by atoms with van der Waals surface area (Å²) >= 11 is 0. The van der Waals surface area contributed by atoms with Gasteiger partial charge in [-0.2, -0.15) is 0 Å². The van der Waals surface area contributed by atoms with Gasteiger partial charge in [0, 0.05) is 29.4 Å². The maximum absolute atomic E-state index is 13.4. The first-order valence-corrected chi connectivity index (χ1v) is 10.2. The van der Waals surface area contributed by atoms with Crippen LogP contribution in [0.3, 0.4) is 0 Å². The van der Waals surface area contributed by atoms with Crippen LogP contribution in [-0.4, -0.2) is 35.0 Å². The fourth-order valence-electron chi connectivity index (χ4n) is 4.68. The Labute approximate surface area is 170 Å². The van der Waals surface area contributed by atoms with E-state index in [0.717, 1.165) is 37.7 Å². The van der Waals surface area contributed by atoms with Gasteiger partial charge in [-0.05, 0) is 68.9 Å². The second-order valence-electron chi connectivity index (χ2n) is 8.04. The van der Waals surface area contributed by atoms with Crippen molar-refractivity contribution in [3.05, 3.63) is 65.5 Å². The maximum Gasteiger partial charge on any atom is 0.322 e. The third-order valence-corrected chi connectivity index (χ3v) is 6.01. The van der Waals surface area contributed by atoms with Gasteiger partial charge < -0.3 is 15.5 Å². The number of urea groups is 1. The highest BCUT2D eigenvalue weighted by Crippen LogP contribution is 2.34. The molecule has 152 valence electrons. The second-order valence-corrected chi connectivity index (χ2v) is 8.04. The highest BCUT2D eigenvalue weighted by atomic mass is 19.1. The van der Waals surface area contributed by atoms with E-state index in [0.29, 0.717) is 11.3 Å². The van der Waals surface area contributed by atoms with Crippen molar-refractivity contribution in [1.29, 1.82) is 0 Å². The zero-order chi connectivity index (χ0) is 20.4. The van der Waals surface area contributed by atoms with Gasteiger partial charge in [0.1, 0.15) is 5.82 Å². The number of aryl methyl sites for hydroxylation is 1. The van der Waals surface area contributed by atoms with E-state index in [1.54, 1.807) is 12.1 Å². The number of fused-ring (bicyclic) bond motifs is 2. The van der Waals surface area contributed by atoms with Crippen molar-refractivity contribution in [3.63, 3.8) is 0 Å². The highest BCUT2D eigenvalue weighted by molar-refractivity contribution is 5.95. The number of anilines is 1. The van der Waals surface area contributed by atoms with Crippen LogP contribution >= 0.6 is 0 Å². The molecule has 0 aliphatic carbocycles. The molecule has 2 aromatic rings. The quantitative estimate of drug-likeness (QED) is 0.805. The molecular weight excluding hydrogens is 369 g/mol. The van der Waals surface area contributed by atoms with Crippen LogP contribution < -0.4 is 10.6 Å². The van der Waals surface area contributed by atoms with Crippen molar-refractivity contribution < 1.29 is 14.0 Å². The summed E-state index contributed by atoms with van der Waals surface area (Å²) < 4.78 is 13.4. The van der Waals surface area contributed by atoms with E-state index in [1.807, 2.05) is 36.1 Å². The smallest absolute Gasteiger partial charge is 0.322 e. The van der Waals surface area contributed by atoms with E-state index in [2.05, 4.69) is 10.6 Å². The molecule has 2 aliphatic rings. The number of hydrogen-bond acceptors (Lipinski definition) is 2. The molecule has 4 rings (SSSR count).